The fourth-order valence-electron chi connectivity index (χ4n) is 1.99. The maximum atomic E-state index is 3.90. The third kappa shape index (κ3) is 3.28. The summed E-state index contributed by atoms with van der Waals surface area (Å²) >= 11 is 3.52. The van der Waals surface area contributed by atoms with Crippen molar-refractivity contribution in [2.24, 2.45) is 0 Å². The van der Waals surface area contributed by atoms with Crippen LogP contribution in [-0.4, -0.2) is 0 Å². The molecule has 0 atom stereocenters. The van der Waals surface area contributed by atoms with Gasteiger partial charge >= 0.3 is 0 Å². The smallest absolute Gasteiger partial charge is 0.0472 e. The summed E-state index contributed by atoms with van der Waals surface area (Å²) < 4.78 is 1.04. The molecule has 0 N–H and O–H groups in total. The highest BCUT2D eigenvalue weighted by Gasteiger charge is 2.11. The summed E-state index contributed by atoms with van der Waals surface area (Å²) in [5, 5.41) is 0. The first kappa shape index (κ1) is 14.4. The predicted octanol–water partition coefficient (Wildman–Crippen LogP) is 5.84. The Morgan fingerprint density at radius 1 is 0.950 bits per heavy atom. The lowest BCUT2D eigenvalue weighted by Crippen LogP contribution is -2.14. The van der Waals surface area contributed by atoms with Gasteiger partial charge in [0.2, 0.25) is 0 Å². The van der Waals surface area contributed by atoms with Crippen LogP contribution >= 0.6 is 15.9 Å². The van der Waals surface area contributed by atoms with Crippen LogP contribution in [0.1, 0.15) is 0 Å². The van der Waals surface area contributed by atoms with E-state index in [2.05, 4.69) is 58.3 Å². The number of hydrogen-bond donors (Lipinski definition) is 0. The van der Waals surface area contributed by atoms with Gasteiger partial charge in [-0.25, -0.2) is 0 Å². The quantitative estimate of drug-likeness (QED) is 0.624. The fraction of sp³-hybridized carbons (Fsp3) is 0. The van der Waals surface area contributed by atoms with E-state index in [4.69, 9.17) is 0 Å². The van der Waals surface area contributed by atoms with Crippen molar-refractivity contribution in [2.45, 2.75) is 0 Å². The molecule has 100 valence electrons. The Hall–Kier alpha value is -2.06. The fourth-order valence-corrected chi connectivity index (χ4v) is 2.38. The lowest BCUT2D eigenvalue weighted by atomic mass is 10.2. The van der Waals surface area contributed by atoms with Gasteiger partial charge in [-0.1, -0.05) is 59.4 Å². The minimum atomic E-state index is 0.976. The zero-order chi connectivity index (χ0) is 14.4. The molecule has 0 saturated carbocycles. The summed E-state index contributed by atoms with van der Waals surface area (Å²) in [7, 11) is 0. The van der Waals surface area contributed by atoms with Gasteiger partial charge in [0.15, 0.2) is 0 Å². The molecule has 0 fully saturated rings. The van der Waals surface area contributed by atoms with Crippen molar-refractivity contribution in [2.75, 3.05) is 4.90 Å². The van der Waals surface area contributed by atoms with Gasteiger partial charge in [0.1, 0.15) is 0 Å². The summed E-state index contributed by atoms with van der Waals surface area (Å²) in [6.07, 6.45) is 5.54. The Morgan fingerprint density at radius 3 is 2.25 bits per heavy atom. The SMILES string of the molecule is C=C/C=C(\C=C)N(c1ccccc1)c1cccc(Br)c1. The number of allylic oxidation sites excluding steroid dienone is 3. The molecule has 2 aromatic carbocycles. The van der Waals surface area contributed by atoms with Crippen LogP contribution in [0.5, 0.6) is 0 Å². The number of halogens is 1. The standard InChI is InChI=1S/C18H16BrN/c1-3-9-16(4-2)20(17-11-6-5-7-12-17)18-13-8-10-15(19)14-18/h3-14H,1-2H2/b16-9+. The average molecular weight is 326 g/mol. The monoisotopic (exact) mass is 325 g/mol. The molecular weight excluding hydrogens is 310 g/mol. The van der Waals surface area contributed by atoms with Crippen LogP contribution in [0.2, 0.25) is 0 Å². The molecule has 2 aromatic rings. The Balaban J connectivity index is 2.58. The van der Waals surface area contributed by atoms with Gasteiger partial charge < -0.3 is 4.90 Å². The molecule has 2 heteroatoms. The van der Waals surface area contributed by atoms with Gasteiger partial charge in [-0.2, -0.15) is 0 Å². The highest BCUT2D eigenvalue weighted by Crippen LogP contribution is 2.31. The van der Waals surface area contributed by atoms with Crippen LogP contribution in [0.4, 0.5) is 11.4 Å². The van der Waals surface area contributed by atoms with Crippen molar-refractivity contribution >= 4 is 27.3 Å². The highest BCUT2D eigenvalue weighted by molar-refractivity contribution is 9.10. The van der Waals surface area contributed by atoms with E-state index < -0.39 is 0 Å². The normalized spacial score (nSPS) is 10.9. The van der Waals surface area contributed by atoms with Crippen LogP contribution in [0, 0.1) is 0 Å². The molecule has 0 spiro atoms. The van der Waals surface area contributed by atoms with Crippen molar-refractivity contribution in [1.29, 1.82) is 0 Å². The molecule has 0 aromatic heterocycles. The number of para-hydroxylation sites is 1. The molecule has 0 aliphatic carbocycles. The van der Waals surface area contributed by atoms with Gasteiger partial charge in [-0.05, 0) is 42.5 Å². The molecule has 0 unspecified atom stereocenters. The number of rotatable bonds is 5. The van der Waals surface area contributed by atoms with Crippen LogP contribution in [0.25, 0.3) is 0 Å². The van der Waals surface area contributed by atoms with Crippen molar-refractivity contribution < 1.29 is 0 Å². The summed E-state index contributed by atoms with van der Waals surface area (Å²) in [6.45, 7) is 7.68. The molecule has 0 aliphatic heterocycles. The maximum Gasteiger partial charge on any atom is 0.0472 e. The van der Waals surface area contributed by atoms with E-state index in [0.717, 1.165) is 21.5 Å². The molecule has 0 aliphatic rings. The Labute approximate surface area is 128 Å². The number of hydrogen-bond acceptors (Lipinski definition) is 1. The molecule has 20 heavy (non-hydrogen) atoms. The first-order valence-corrected chi connectivity index (χ1v) is 7.11. The summed E-state index contributed by atoms with van der Waals surface area (Å²) in [5.74, 6) is 0. The average Bonchev–Trinajstić information content (AvgIpc) is 2.48. The van der Waals surface area contributed by atoms with Gasteiger partial charge in [0.05, 0.1) is 0 Å². The van der Waals surface area contributed by atoms with E-state index in [0.29, 0.717) is 0 Å². The van der Waals surface area contributed by atoms with Crippen molar-refractivity contribution in [3.8, 4) is 0 Å². The lowest BCUT2D eigenvalue weighted by Gasteiger charge is -2.26. The second-order valence-electron chi connectivity index (χ2n) is 4.18. The van der Waals surface area contributed by atoms with Crippen molar-refractivity contribution in [3.63, 3.8) is 0 Å². The van der Waals surface area contributed by atoms with Crippen LogP contribution in [-0.2, 0) is 0 Å². The minimum Gasteiger partial charge on any atom is -0.310 e. The van der Waals surface area contributed by atoms with E-state index in [1.54, 1.807) is 6.08 Å². The van der Waals surface area contributed by atoms with E-state index >= 15 is 0 Å². The number of nitrogens with zero attached hydrogens (tertiary/aromatic N) is 1. The lowest BCUT2D eigenvalue weighted by molar-refractivity contribution is 1.21. The van der Waals surface area contributed by atoms with Gasteiger partial charge in [-0.15, -0.1) is 0 Å². The van der Waals surface area contributed by atoms with E-state index in [9.17, 15) is 0 Å². The second-order valence-corrected chi connectivity index (χ2v) is 5.10. The van der Waals surface area contributed by atoms with Crippen LogP contribution < -0.4 is 4.90 Å². The van der Waals surface area contributed by atoms with Gasteiger partial charge in [0, 0.05) is 21.5 Å². The van der Waals surface area contributed by atoms with Crippen LogP contribution in [0.3, 0.4) is 0 Å². The third-order valence-corrected chi connectivity index (χ3v) is 3.33. The third-order valence-electron chi connectivity index (χ3n) is 2.84. The maximum absolute atomic E-state index is 3.90. The highest BCUT2D eigenvalue weighted by atomic mass is 79.9. The van der Waals surface area contributed by atoms with Crippen molar-refractivity contribution in [3.05, 3.63) is 96.2 Å². The Morgan fingerprint density at radius 2 is 1.65 bits per heavy atom. The topological polar surface area (TPSA) is 3.24 Å². The summed E-state index contributed by atoms with van der Waals surface area (Å²) in [6, 6.07) is 18.4. The molecule has 0 amide bonds. The largest absolute Gasteiger partial charge is 0.310 e. The predicted molar refractivity (Wildman–Crippen MR) is 91.2 cm³/mol. The minimum absolute atomic E-state index is 0.976. The Kier molecular flexibility index (Phi) is 4.97. The van der Waals surface area contributed by atoms with E-state index in [1.165, 1.54) is 0 Å². The molecule has 1 nitrogen and oxygen atoms in total. The van der Waals surface area contributed by atoms with E-state index in [-0.39, 0.29) is 0 Å². The van der Waals surface area contributed by atoms with Gasteiger partial charge in [0.25, 0.3) is 0 Å². The number of anilines is 2. The molecular formula is C18H16BrN. The summed E-state index contributed by atoms with van der Waals surface area (Å²) in [5.41, 5.74) is 3.13. The first-order valence-electron chi connectivity index (χ1n) is 6.32. The zero-order valence-corrected chi connectivity index (χ0v) is 12.8. The zero-order valence-electron chi connectivity index (χ0n) is 11.2. The number of benzene rings is 2. The first-order chi connectivity index (χ1) is 9.76. The van der Waals surface area contributed by atoms with Gasteiger partial charge in [-0.3, -0.25) is 0 Å². The molecule has 0 radical (unpaired) electrons. The molecule has 0 bridgehead atoms. The van der Waals surface area contributed by atoms with Crippen LogP contribution in [0.15, 0.2) is 96.2 Å². The van der Waals surface area contributed by atoms with E-state index in [1.807, 2.05) is 42.5 Å². The second kappa shape index (κ2) is 6.92. The Bertz CT molecular complexity index is 629. The van der Waals surface area contributed by atoms with Crippen molar-refractivity contribution in [1.82, 2.24) is 0 Å². The molecule has 0 heterocycles. The summed E-state index contributed by atoms with van der Waals surface area (Å²) in [4.78, 5) is 2.14. The molecule has 2 rings (SSSR count). The molecule has 0 saturated heterocycles.